The summed E-state index contributed by atoms with van der Waals surface area (Å²) in [4.78, 5) is 0. The van der Waals surface area contributed by atoms with Crippen LogP contribution in [0.3, 0.4) is 0 Å². The highest BCUT2D eigenvalue weighted by atomic mass is 79.9. The van der Waals surface area contributed by atoms with E-state index in [0.29, 0.717) is 11.5 Å². The predicted molar refractivity (Wildman–Crippen MR) is 72.6 cm³/mol. The van der Waals surface area contributed by atoms with E-state index in [2.05, 4.69) is 35.1 Å². The molecule has 0 atom stereocenters. The van der Waals surface area contributed by atoms with Crippen molar-refractivity contribution in [3.8, 4) is 0 Å². The molecule has 1 fully saturated rings. The normalized spacial score (nSPS) is 17.5. The summed E-state index contributed by atoms with van der Waals surface area (Å²) >= 11 is 3.40. The van der Waals surface area contributed by atoms with Crippen molar-refractivity contribution in [2.45, 2.75) is 39.2 Å². The van der Waals surface area contributed by atoms with Gasteiger partial charge in [-0.3, -0.25) is 0 Å². The maximum atomic E-state index is 13.7. The molecule has 3 heteroatoms. The van der Waals surface area contributed by atoms with E-state index >= 15 is 0 Å². The van der Waals surface area contributed by atoms with Crippen LogP contribution >= 0.6 is 15.9 Å². The number of hydrogen-bond donors (Lipinski definition) is 1. The van der Waals surface area contributed by atoms with Crippen LogP contribution in [0, 0.1) is 11.2 Å². The van der Waals surface area contributed by atoms with E-state index in [1.54, 1.807) is 12.1 Å². The highest BCUT2D eigenvalue weighted by molar-refractivity contribution is 9.10. The van der Waals surface area contributed by atoms with Gasteiger partial charge in [0.15, 0.2) is 0 Å². The van der Waals surface area contributed by atoms with E-state index < -0.39 is 0 Å². The Labute approximate surface area is 111 Å². The second kappa shape index (κ2) is 5.07. The standard InChI is InChI=1S/C14H19BrFN/c1-10(2)17-9-14(5-6-14)8-11-7-12(15)3-4-13(11)16/h3-4,7,10,17H,5-6,8-9H2,1-2H3. The van der Waals surface area contributed by atoms with E-state index in [9.17, 15) is 4.39 Å². The van der Waals surface area contributed by atoms with Gasteiger partial charge in [-0.15, -0.1) is 0 Å². The zero-order chi connectivity index (χ0) is 12.5. The molecular weight excluding hydrogens is 281 g/mol. The summed E-state index contributed by atoms with van der Waals surface area (Å²) in [6.45, 7) is 5.29. The quantitative estimate of drug-likeness (QED) is 0.869. The van der Waals surface area contributed by atoms with Gasteiger partial charge in [-0.05, 0) is 48.4 Å². The predicted octanol–water partition coefficient (Wildman–Crippen LogP) is 3.91. The van der Waals surface area contributed by atoms with Gasteiger partial charge in [0, 0.05) is 17.1 Å². The van der Waals surface area contributed by atoms with Crippen molar-refractivity contribution in [3.05, 3.63) is 34.1 Å². The molecule has 1 aromatic carbocycles. The fourth-order valence-corrected chi connectivity index (χ4v) is 2.50. The van der Waals surface area contributed by atoms with Gasteiger partial charge >= 0.3 is 0 Å². The first kappa shape index (κ1) is 13.0. The van der Waals surface area contributed by atoms with Crippen LogP contribution in [0.25, 0.3) is 0 Å². The summed E-state index contributed by atoms with van der Waals surface area (Å²) < 4.78 is 14.6. The first-order valence-electron chi connectivity index (χ1n) is 6.18. The molecule has 2 rings (SSSR count). The molecule has 0 aromatic heterocycles. The van der Waals surface area contributed by atoms with E-state index in [-0.39, 0.29) is 5.82 Å². The minimum Gasteiger partial charge on any atom is -0.314 e. The molecule has 1 saturated carbocycles. The number of nitrogens with one attached hydrogen (secondary N) is 1. The van der Waals surface area contributed by atoms with Crippen molar-refractivity contribution in [3.63, 3.8) is 0 Å². The van der Waals surface area contributed by atoms with Gasteiger partial charge in [0.25, 0.3) is 0 Å². The van der Waals surface area contributed by atoms with Crippen molar-refractivity contribution >= 4 is 15.9 Å². The van der Waals surface area contributed by atoms with Gasteiger partial charge in [-0.1, -0.05) is 29.8 Å². The third-order valence-electron chi connectivity index (χ3n) is 3.42. The van der Waals surface area contributed by atoms with Crippen LogP contribution in [0.5, 0.6) is 0 Å². The largest absolute Gasteiger partial charge is 0.314 e. The van der Waals surface area contributed by atoms with Crippen molar-refractivity contribution in [1.29, 1.82) is 0 Å². The van der Waals surface area contributed by atoms with Gasteiger partial charge in [-0.2, -0.15) is 0 Å². The first-order chi connectivity index (χ1) is 8.01. The van der Waals surface area contributed by atoms with Gasteiger partial charge in [0.1, 0.15) is 5.82 Å². The molecule has 1 aliphatic rings. The Balaban J connectivity index is 2.02. The Morgan fingerprint density at radius 3 is 2.71 bits per heavy atom. The molecule has 0 radical (unpaired) electrons. The zero-order valence-electron chi connectivity index (χ0n) is 10.4. The van der Waals surface area contributed by atoms with E-state index in [1.807, 2.05) is 6.07 Å². The summed E-state index contributed by atoms with van der Waals surface area (Å²) in [7, 11) is 0. The molecule has 0 heterocycles. The average Bonchev–Trinajstić information content (AvgIpc) is 3.02. The molecule has 0 unspecified atom stereocenters. The van der Waals surface area contributed by atoms with Crippen LogP contribution in [-0.4, -0.2) is 12.6 Å². The average molecular weight is 300 g/mol. The Bertz CT molecular complexity index is 399. The maximum absolute atomic E-state index is 13.7. The summed E-state index contributed by atoms with van der Waals surface area (Å²) in [6.07, 6.45) is 3.26. The number of rotatable bonds is 5. The Morgan fingerprint density at radius 2 is 2.12 bits per heavy atom. The summed E-state index contributed by atoms with van der Waals surface area (Å²) in [6, 6.07) is 5.71. The van der Waals surface area contributed by atoms with E-state index in [4.69, 9.17) is 0 Å². The molecule has 0 amide bonds. The van der Waals surface area contributed by atoms with E-state index in [0.717, 1.165) is 23.0 Å². The van der Waals surface area contributed by atoms with Gasteiger partial charge in [0.05, 0.1) is 0 Å². The van der Waals surface area contributed by atoms with Crippen LogP contribution in [0.2, 0.25) is 0 Å². The molecule has 1 nitrogen and oxygen atoms in total. The van der Waals surface area contributed by atoms with Crippen LogP contribution in [-0.2, 0) is 6.42 Å². The van der Waals surface area contributed by atoms with Crippen molar-refractivity contribution in [1.82, 2.24) is 5.32 Å². The fourth-order valence-electron chi connectivity index (χ4n) is 2.10. The molecule has 0 spiro atoms. The molecule has 1 N–H and O–H groups in total. The topological polar surface area (TPSA) is 12.0 Å². The first-order valence-corrected chi connectivity index (χ1v) is 6.97. The lowest BCUT2D eigenvalue weighted by Gasteiger charge is -2.18. The maximum Gasteiger partial charge on any atom is 0.126 e. The highest BCUT2D eigenvalue weighted by Crippen LogP contribution is 2.48. The molecule has 94 valence electrons. The lowest BCUT2D eigenvalue weighted by atomic mass is 9.96. The van der Waals surface area contributed by atoms with Crippen LogP contribution in [0.4, 0.5) is 4.39 Å². The molecular formula is C14H19BrFN. The minimum atomic E-state index is -0.0796. The zero-order valence-corrected chi connectivity index (χ0v) is 12.0. The molecule has 0 bridgehead atoms. The van der Waals surface area contributed by atoms with Crippen LogP contribution in [0.15, 0.2) is 22.7 Å². The molecule has 17 heavy (non-hydrogen) atoms. The molecule has 0 aliphatic heterocycles. The second-order valence-corrected chi connectivity index (χ2v) is 6.36. The number of hydrogen-bond acceptors (Lipinski definition) is 1. The van der Waals surface area contributed by atoms with Gasteiger partial charge in [0.2, 0.25) is 0 Å². The highest BCUT2D eigenvalue weighted by Gasteiger charge is 2.42. The van der Waals surface area contributed by atoms with Crippen molar-refractivity contribution in [2.75, 3.05) is 6.54 Å². The summed E-state index contributed by atoms with van der Waals surface area (Å²) in [5.74, 6) is -0.0796. The lowest BCUT2D eigenvalue weighted by molar-refractivity contribution is 0.422. The Hall–Kier alpha value is -0.410. The lowest BCUT2D eigenvalue weighted by Crippen LogP contribution is -2.31. The van der Waals surface area contributed by atoms with Gasteiger partial charge < -0.3 is 5.32 Å². The monoisotopic (exact) mass is 299 g/mol. The third-order valence-corrected chi connectivity index (χ3v) is 3.91. The second-order valence-electron chi connectivity index (χ2n) is 5.45. The van der Waals surface area contributed by atoms with Crippen LogP contribution < -0.4 is 5.32 Å². The summed E-state index contributed by atoms with van der Waals surface area (Å²) in [5.41, 5.74) is 1.13. The number of benzene rings is 1. The van der Waals surface area contributed by atoms with Crippen molar-refractivity contribution < 1.29 is 4.39 Å². The fraction of sp³-hybridized carbons (Fsp3) is 0.571. The minimum absolute atomic E-state index is 0.0796. The molecule has 0 saturated heterocycles. The number of halogens is 2. The Morgan fingerprint density at radius 1 is 1.41 bits per heavy atom. The summed E-state index contributed by atoms with van der Waals surface area (Å²) in [5, 5.41) is 3.47. The third kappa shape index (κ3) is 3.52. The Kier molecular flexibility index (Phi) is 3.88. The van der Waals surface area contributed by atoms with Crippen LogP contribution in [0.1, 0.15) is 32.3 Å². The SMILES string of the molecule is CC(C)NCC1(Cc2cc(Br)ccc2F)CC1. The van der Waals surface area contributed by atoms with E-state index in [1.165, 1.54) is 12.8 Å². The van der Waals surface area contributed by atoms with Gasteiger partial charge in [-0.25, -0.2) is 4.39 Å². The molecule has 1 aliphatic carbocycles. The smallest absolute Gasteiger partial charge is 0.126 e. The molecule has 1 aromatic rings. The van der Waals surface area contributed by atoms with Crippen molar-refractivity contribution in [2.24, 2.45) is 5.41 Å².